The molecule has 1 unspecified atom stereocenters. The third-order valence-corrected chi connectivity index (χ3v) is 3.55. The maximum atomic E-state index is 13.6. The lowest BCUT2D eigenvalue weighted by molar-refractivity contribution is 0.465. The molecule has 1 rings (SSSR count). The van der Waals surface area contributed by atoms with Crippen LogP contribution in [0.15, 0.2) is 18.2 Å². The largest absolute Gasteiger partial charge is 0.310 e. The van der Waals surface area contributed by atoms with Crippen LogP contribution in [-0.4, -0.2) is 27.0 Å². The van der Waals surface area contributed by atoms with E-state index >= 15 is 0 Å². The van der Waals surface area contributed by atoms with Crippen molar-refractivity contribution in [2.75, 3.05) is 18.6 Å². The Morgan fingerprint density at radius 3 is 2.28 bits per heavy atom. The second-order valence-corrected chi connectivity index (χ2v) is 6.42. The minimum atomic E-state index is -3.16. The topological polar surface area (TPSA) is 46.2 Å². The van der Waals surface area contributed by atoms with Crippen LogP contribution in [0, 0.1) is 11.6 Å². The summed E-state index contributed by atoms with van der Waals surface area (Å²) in [6, 6.07) is 2.99. The van der Waals surface area contributed by atoms with Crippen molar-refractivity contribution in [1.82, 2.24) is 5.32 Å². The zero-order valence-electron chi connectivity index (χ0n) is 10.4. The first-order valence-corrected chi connectivity index (χ1v) is 7.76. The average molecular weight is 277 g/mol. The van der Waals surface area contributed by atoms with Crippen LogP contribution in [0.1, 0.15) is 24.9 Å². The van der Waals surface area contributed by atoms with E-state index < -0.39 is 27.5 Å². The van der Waals surface area contributed by atoms with E-state index in [1.165, 1.54) is 18.2 Å². The van der Waals surface area contributed by atoms with Crippen LogP contribution in [0.4, 0.5) is 8.78 Å². The lowest BCUT2D eigenvalue weighted by atomic mass is 10.0. The van der Waals surface area contributed by atoms with Crippen LogP contribution >= 0.6 is 0 Å². The molecule has 1 aromatic rings. The number of benzene rings is 1. The zero-order chi connectivity index (χ0) is 13.8. The quantitative estimate of drug-likeness (QED) is 0.865. The van der Waals surface area contributed by atoms with E-state index in [0.29, 0.717) is 6.54 Å². The summed E-state index contributed by atoms with van der Waals surface area (Å²) >= 11 is 0. The Labute approximate surface area is 106 Å². The Morgan fingerprint density at radius 1 is 1.28 bits per heavy atom. The molecule has 102 valence electrons. The van der Waals surface area contributed by atoms with Crippen molar-refractivity contribution in [1.29, 1.82) is 0 Å². The molecule has 0 aromatic heterocycles. The Balaban J connectivity index is 2.97. The highest BCUT2D eigenvalue weighted by atomic mass is 32.2. The Hall–Kier alpha value is -1.01. The SMILES string of the molecule is CCNC(CCS(C)(=O)=O)c1c(F)cccc1F. The first-order valence-electron chi connectivity index (χ1n) is 5.70. The molecule has 1 aromatic carbocycles. The molecule has 0 radical (unpaired) electrons. The molecular weight excluding hydrogens is 260 g/mol. The molecule has 0 bridgehead atoms. The average Bonchev–Trinajstić information content (AvgIpc) is 2.24. The van der Waals surface area contributed by atoms with E-state index in [-0.39, 0.29) is 17.7 Å². The van der Waals surface area contributed by atoms with Crippen molar-refractivity contribution in [3.05, 3.63) is 35.4 Å². The summed E-state index contributed by atoms with van der Waals surface area (Å²) < 4.78 is 49.5. The van der Waals surface area contributed by atoms with Gasteiger partial charge in [-0.15, -0.1) is 0 Å². The van der Waals surface area contributed by atoms with Crippen molar-refractivity contribution in [2.24, 2.45) is 0 Å². The van der Waals surface area contributed by atoms with Gasteiger partial charge in [0.15, 0.2) is 0 Å². The number of nitrogens with one attached hydrogen (secondary N) is 1. The van der Waals surface area contributed by atoms with E-state index in [1.54, 1.807) is 6.92 Å². The van der Waals surface area contributed by atoms with Crippen LogP contribution in [0.5, 0.6) is 0 Å². The molecule has 0 spiro atoms. The maximum Gasteiger partial charge on any atom is 0.147 e. The lowest BCUT2D eigenvalue weighted by Crippen LogP contribution is -2.25. The van der Waals surface area contributed by atoms with Gasteiger partial charge in [-0.25, -0.2) is 17.2 Å². The normalized spacial score (nSPS) is 13.6. The third-order valence-electron chi connectivity index (χ3n) is 2.58. The van der Waals surface area contributed by atoms with Gasteiger partial charge in [-0.1, -0.05) is 13.0 Å². The molecule has 0 aliphatic carbocycles. The number of hydrogen-bond acceptors (Lipinski definition) is 3. The van der Waals surface area contributed by atoms with Gasteiger partial charge in [-0.05, 0) is 25.1 Å². The lowest BCUT2D eigenvalue weighted by Gasteiger charge is -2.19. The summed E-state index contributed by atoms with van der Waals surface area (Å²) in [7, 11) is -3.16. The Morgan fingerprint density at radius 2 is 1.83 bits per heavy atom. The van der Waals surface area contributed by atoms with Crippen molar-refractivity contribution in [3.63, 3.8) is 0 Å². The molecular formula is C12H17F2NO2S. The molecule has 3 nitrogen and oxygen atoms in total. The van der Waals surface area contributed by atoms with E-state index in [0.717, 1.165) is 6.26 Å². The summed E-state index contributed by atoms with van der Waals surface area (Å²) in [6.07, 6.45) is 1.25. The monoisotopic (exact) mass is 277 g/mol. The van der Waals surface area contributed by atoms with E-state index in [2.05, 4.69) is 5.32 Å². The summed E-state index contributed by atoms with van der Waals surface area (Å²) in [6.45, 7) is 2.30. The summed E-state index contributed by atoms with van der Waals surface area (Å²) in [4.78, 5) is 0. The predicted molar refractivity (Wildman–Crippen MR) is 67.1 cm³/mol. The van der Waals surface area contributed by atoms with Crippen molar-refractivity contribution in [2.45, 2.75) is 19.4 Å². The molecule has 0 saturated carbocycles. The molecule has 0 fully saturated rings. The molecule has 0 aliphatic heterocycles. The maximum absolute atomic E-state index is 13.6. The van der Waals surface area contributed by atoms with Gasteiger partial charge in [0, 0.05) is 17.9 Å². The Bertz CT molecular complexity index is 483. The second kappa shape index (κ2) is 6.24. The number of halogens is 2. The van der Waals surface area contributed by atoms with E-state index in [4.69, 9.17) is 0 Å². The minimum absolute atomic E-state index is 0.0944. The van der Waals surface area contributed by atoms with Crippen LogP contribution in [0.2, 0.25) is 0 Å². The van der Waals surface area contributed by atoms with Crippen LogP contribution in [0.3, 0.4) is 0 Å². The summed E-state index contributed by atoms with van der Waals surface area (Å²) in [5.41, 5.74) is -0.0944. The van der Waals surface area contributed by atoms with E-state index in [9.17, 15) is 17.2 Å². The summed E-state index contributed by atoms with van der Waals surface area (Å²) in [5, 5.41) is 2.91. The Kier molecular flexibility index (Phi) is 5.22. The van der Waals surface area contributed by atoms with Gasteiger partial charge in [0.2, 0.25) is 0 Å². The highest BCUT2D eigenvalue weighted by Crippen LogP contribution is 2.23. The highest BCUT2D eigenvalue weighted by Gasteiger charge is 2.20. The molecule has 18 heavy (non-hydrogen) atoms. The molecule has 1 atom stereocenters. The predicted octanol–water partition coefficient (Wildman–Crippen LogP) is 2.05. The van der Waals surface area contributed by atoms with E-state index in [1.807, 2.05) is 0 Å². The standard InChI is InChI=1S/C12H17F2NO2S/c1-3-15-11(7-8-18(2,16)17)12-9(13)5-4-6-10(12)14/h4-6,11,15H,3,7-8H2,1-2H3. The number of hydrogen-bond donors (Lipinski definition) is 1. The van der Waals surface area contributed by atoms with Crippen LogP contribution < -0.4 is 5.32 Å². The van der Waals surface area contributed by atoms with Gasteiger partial charge >= 0.3 is 0 Å². The van der Waals surface area contributed by atoms with Gasteiger partial charge in [0.25, 0.3) is 0 Å². The van der Waals surface area contributed by atoms with Crippen molar-refractivity contribution < 1.29 is 17.2 Å². The number of rotatable bonds is 6. The van der Waals surface area contributed by atoms with Gasteiger partial charge < -0.3 is 5.32 Å². The summed E-state index contributed by atoms with van der Waals surface area (Å²) in [5.74, 6) is -1.43. The molecule has 0 heterocycles. The first kappa shape index (κ1) is 15.0. The smallest absolute Gasteiger partial charge is 0.147 e. The first-order chi connectivity index (χ1) is 8.35. The highest BCUT2D eigenvalue weighted by molar-refractivity contribution is 7.90. The van der Waals surface area contributed by atoms with Crippen molar-refractivity contribution >= 4 is 9.84 Å². The second-order valence-electron chi connectivity index (χ2n) is 4.16. The fourth-order valence-electron chi connectivity index (χ4n) is 1.77. The van der Waals surface area contributed by atoms with Crippen LogP contribution in [0.25, 0.3) is 0 Å². The van der Waals surface area contributed by atoms with Gasteiger partial charge in [0.05, 0.1) is 5.75 Å². The molecule has 6 heteroatoms. The van der Waals surface area contributed by atoms with Gasteiger partial charge in [-0.3, -0.25) is 0 Å². The fraction of sp³-hybridized carbons (Fsp3) is 0.500. The molecule has 0 aliphatic rings. The third kappa shape index (κ3) is 4.34. The zero-order valence-corrected chi connectivity index (χ0v) is 11.2. The number of sulfone groups is 1. The van der Waals surface area contributed by atoms with Crippen LogP contribution in [-0.2, 0) is 9.84 Å². The minimum Gasteiger partial charge on any atom is -0.310 e. The van der Waals surface area contributed by atoms with Gasteiger partial charge in [0.1, 0.15) is 21.5 Å². The van der Waals surface area contributed by atoms with Gasteiger partial charge in [-0.2, -0.15) is 0 Å². The fourth-order valence-corrected chi connectivity index (χ4v) is 2.43. The molecule has 1 N–H and O–H groups in total. The molecule has 0 saturated heterocycles. The molecule has 0 amide bonds. The van der Waals surface area contributed by atoms with Crippen molar-refractivity contribution in [3.8, 4) is 0 Å².